The lowest BCUT2D eigenvalue weighted by Crippen LogP contribution is -2.28. The van der Waals surface area contributed by atoms with Gasteiger partial charge in [-0.3, -0.25) is 0 Å². The van der Waals surface area contributed by atoms with E-state index in [0.29, 0.717) is 0 Å². The van der Waals surface area contributed by atoms with Crippen LogP contribution in [-0.4, -0.2) is 18.1 Å². The Morgan fingerprint density at radius 2 is 2.22 bits per heavy atom. The number of nitrogens with zero attached hydrogens (tertiary/aromatic N) is 1. The normalized spacial score (nSPS) is 23.9. The van der Waals surface area contributed by atoms with Gasteiger partial charge in [0.25, 0.3) is 0 Å². The van der Waals surface area contributed by atoms with Crippen LogP contribution in [0.2, 0.25) is 0 Å². The van der Waals surface area contributed by atoms with E-state index in [0.717, 1.165) is 42.9 Å². The summed E-state index contributed by atoms with van der Waals surface area (Å²) < 4.78 is 6.08. The van der Waals surface area contributed by atoms with Crippen molar-refractivity contribution in [1.29, 1.82) is 0 Å². The van der Waals surface area contributed by atoms with Crippen molar-refractivity contribution in [2.45, 2.75) is 39.0 Å². The zero-order valence-electron chi connectivity index (χ0n) is 11.3. The van der Waals surface area contributed by atoms with Crippen LogP contribution in [0.4, 0.5) is 0 Å². The van der Waals surface area contributed by atoms with Crippen molar-refractivity contribution in [2.24, 2.45) is 0 Å². The van der Waals surface area contributed by atoms with Gasteiger partial charge in [-0.25, -0.2) is 4.98 Å². The Hall–Kier alpha value is -1.35. The van der Waals surface area contributed by atoms with Crippen LogP contribution in [0.1, 0.15) is 36.8 Å². The number of rotatable bonds is 2. The fourth-order valence-corrected chi connectivity index (χ4v) is 2.98. The van der Waals surface area contributed by atoms with Gasteiger partial charge in [-0.15, -0.1) is 0 Å². The monoisotopic (exact) mass is 244 g/mol. The van der Waals surface area contributed by atoms with Gasteiger partial charge in [-0.1, -0.05) is 13.0 Å². The molecule has 2 heterocycles. The van der Waals surface area contributed by atoms with E-state index in [1.54, 1.807) is 0 Å². The number of hydrogen-bond donors (Lipinski definition) is 1. The number of nitrogens with one attached hydrogen (secondary N) is 1. The van der Waals surface area contributed by atoms with E-state index in [-0.39, 0.29) is 5.41 Å². The van der Waals surface area contributed by atoms with Crippen LogP contribution in [0, 0.1) is 13.8 Å². The predicted octanol–water partition coefficient (Wildman–Crippen LogP) is 3.09. The van der Waals surface area contributed by atoms with E-state index in [4.69, 9.17) is 9.40 Å². The molecule has 1 aromatic carbocycles. The van der Waals surface area contributed by atoms with Gasteiger partial charge < -0.3 is 9.73 Å². The fourth-order valence-electron chi connectivity index (χ4n) is 2.98. The Labute approximate surface area is 108 Å². The minimum atomic E-state index is 0.0966. The molecule has 3 rings (SSSR count). The van der Waals surface area contributed by atoms with Gasteiger partial charge in [0.15, 0.2) is 5.58 Å². The third-order valence-corrected chi connectivity index (χ3v) is 4.19. The summed E-state index contributed by atoms with van der Waals surface area (Å²) >= 11 is 0. The average Bonchev–Trinajstić information content (AvgIpc) is 2.94. The Balaban J connectivity index is 2.16. The SMILES string of the molecule is CCC1(c2nc3cc(C)cc(C)c3o2)CCNC1. The van der Waals surface area contributed by atoms with Crippen molar-refractivity contribution >= 4 is 11.1 Å². The lowest BCUT2D eigenvalue weighted by atomic mass is 9.84. The second kappa shape index (κ2) is 4.09. The molecule has 0 saturated carbocycles. The molecule has 1 atom stereocenters. The number of fused-ring (bicyclic) bond motifs is 1. The lowest BCUT2D eigenvalue weighted by Gasteiger charge is -2.21. The Kier molecular flexibility index (Phi) is 2.67. The van der Waals surface area contributed by atoms with E-state index in [2.05, 4.69) is 38.2 Å². The minimum absolute atomic E-state index is 0.0966. The second-order valence-electron chi connectivity index (χ2n) is 5.51. The number of aromatic nitrogens is 1. The highest BCUT2D eigenvalue weighted by Gasteiger charge is 2.38. The second-order valence-corrected chi connectivity index (χ2v) is 5.51. The van der Waals surface area contributed by atoms with Gasteiger partial charge >= 0.3 is 0 Å². The molecular weight excluding hydrogens is 224 g/mol. The molecule has 1 aromatic heterocycles. The van der Waals surface area contributed by atoms with Crippen LogP contribution in [0.5, 0.6) is 0 Å². The first kappa shape index (κ1) is 11.7. The summed E-state index contributed by atoms with van der Waals surface area (Å²) in [5.41, 5.74) is 4.48. The van der Waals surface area contributed by atoms with Gasteiger partial charge in [0.1, 0.15) is 5.52 Å². The summed E-state index contributed by atoms with van der Waals surface area (Å²) in [6.45, 7) is 8.46. The van der Waals surface area contributed by atoms with Crippen molar-refractivity contribution < 1.29 is 4.42 Å². The largest absolute Gasteiger partial charge is 0.440 e. The summed E-state index contributed by atoms with van der Waals surface area (Å²) in [6, 6.07) is 4.27. The highest BCUT2D eigenvalue weighted by Crippen LogP contribution is 2.36. The van der Waals surface area contributed by atoms with E-state index < -0.39 is 0 Å². The molecule has 18 heavy (non-hydrogen) atoms. The van der Waals surface area contributed by atoms with Gasteiger partial charge in [-0.05, 0) is 50.4 Å². The van der Waals surface area contributed by atoms with Crippen molar-refractivity contribution in [3.63, 3.8) is 0 Å². The maximum Gasteiger partial charge on any atom is 0.203 e. The first-order chi connectivity index (χ1) is 8.64. The van der Waals surface area contributed by atoms with Crippen LogP contribution < -0.4 is 5.32 Å². The molecule has 3 nitrogen and oxygen atoms in total. The molecule has 0 aliphatic carbocycles. The number of benzene rings is 1. The summed E-state index contributed by atoms with van der Waals surface area (Å²) in [6.07, 6.45) is 2.19. The summed E-state index contributed by atoms with van der Waals surface area (Å²) in [7, 11) is 0. The lowest BCUT2D eigenvalue weighted by molar-refractivity contribution is 0.344. The third-order valence-electron chi connectivity index (χ3n) is 4.19. The Morgan fingerprint density at radius 3 is 2.89 bits per heavy atom. The number of aryl methyl sites for hydroxylation is 2. The molecule has 0 amide bonds. The van der Waals surface area contributed by atoms with Crippen LogP contribution in [0.3, 0.4) is 0 Å². The molecule has 3 heteroatoms. The Morgan fingerprint density at radius 1 is 1.39 bits per heavy atom. The highest BCUT2D eigenvalue weighted by atomic mass is 16.3. The van der Waals surface area contributed by atoms with Crippen LogP contribution in [0.15, 0.2) is 16.5 Å². The predicted molar refractivity (Wildman–Crippen MR) is 72.9 cm³/mol. The van der Waals surface area contributed by atoms with Gasteiger partial charge in [-0.2, -0.15) is 0 Å². The minimum Gasteiger partial charge on any atom is -0.440 e. The molecule has 1 saturated heterocycles. The summed E-state index contributed by atoms with van der Waals surface area (Å²) in [5.74, 6) is 0.915. The van der Waals surface area contributed by atoms with Crippen molar-refractivity contribution in [1.82, 2.24) is 10.3 Å². The topological polar surface area (TPSA) is 38.1 Å². The maximum atomic E-state index is 6.08. The van der Waals surface area contributed by atoms with Crippen LogP contribution in [0.25, 0.3) is 11.1 Å². The number of oxazole rings is 1. The van der Waals surface area contributed by atoms with E-state index in [1.165, 1.54) is 11.1 Å². The smallest absolute Gasteiger partial charge is 0.203 e. The Bertz CT molecular complexity index is 579. The molecule has 1 N–H and O–H groups in total. The summed E-state index contributed by atoms with van der Waals surface area (Å²) in [5, 5.41) is 3.43. The summed E-state index contributed by atoms with van der Waals surface area (Å²) in [4.78, 5) is 4.75. The zero-order valence-corrected chi connectivity index (χ0v) is 11.3. The van der Waals surface area contributed by atoms with Crippen molar-refractivity contribution in [3.05, 3.63) is 29.2 Å². The van der Waals surface area contributed by atoms with E-state index in [1.807, 2.05) is 0 Å². The van der Waals surface area contributed by atoms with Crippen molar-refractivity contribution in [3.8, 4) is 0 Å². The van der Waals surface area contributed by atoms with Crippen molar-refractivity contribution in [2.75, 3.05) is 13.1 Å². The third kappa shape index (κ3) is 1.65. The molecule has 0 spiro atoms. The first-order valence-electron chi connectivity index (χ1n) is 6.74. The molecule has 0 radical (unpaired) electrons. The number of hydrogen-bond acceptors (Lipinski definition) is 3. The quantitative estimate of drug-likeness (QED) is 0.882. The highest BCUT2D eigenvalue weighted by molar-refractivity contribution is 5.77. The fraction of sp³-hybridized carbons (Fsp3) is 0.533. The standard InChI is InChI=1S/C15H20N2O/c1-4-15(5-6-16-9-15)14-17-12-8-10(2)7-11(3)13(12)18-14/h7-8,16H,4-6,9H2,1-3H3. The molecule has 96 valence electrons. The zero-order chi connectivity index (χ0) is 12.8. The average molecular weight is 244 g/mol. The maximum absolute atomic E-state index is 6.08. The van der Waals surface area contributed by atoms with Gasteiger partial charge in [0, 0.05) is 6.54 Å². The molecular formula is C15H20N2O. The molecule has 1 aliphatic heterocycles. The molecule has 1 aliphatic rings. The van der Waals surface area contributed by atoms with Gasteiger partial charge in [0.05, 0.1) is 5.41 Å². The van der Waals surface area contributed by atoms with Crippen LogP contribution >= 0.6 is 0 Å². The molecule has 0 bridgehead atoms. The molecule has 2 aromatic rings. The molecule has 1 fully saturated rings. The first-order valence-corrected chi connectivity index (χ1v) is 6.74. The molecule has 1 unspecified atom stereocenters. The van der Waals surface area contributed by atoms with Gasteiger partial charge in [0.2, 0.25) is 5.89 Å². The van der Waals surface area contributed by atoms with E-state index in [9.17, 15) is 0 Å². The van der Waals surface area contributed by atoms with E-state index >= 15 is 0 Å². The van der Waals surface area contributed by atoms with Crippen LogP contribution in [-0.2, 0) is 5.41 Å².